The molecule has 4 heterocycles. The highest BCUT2D eigenvalue weighted by Crippen LogP contribution is 2.49. The van der Waals surface area contributed by atoms with Gasteiger partial charge >= 0.3 is 18.1 Å². The van der Waals surface area contributed by atoms with E-state index in [2.05, 4.69) is 31.9 Å². The Bertz CT molecular complexity index is 3060. The average Bonchev–Trinajstić information content (AvgIpc) is 1.81. The van der Waals surface area contributed by atoms with E-state index in [0.29, 0.717) is 37.2 Å². The number of nitrogens with zero attached hydrogens (tertiary/aromatic N) is 3. The first-order valence-electron chi connectivity index (χ1n) is 28.4. The molecule has 2 aromatic rings. The Morgan fingerprint density at radius 1 is 0.977 bits per heavy atom. The molecule has 474 valence electrons. The predicted molar refractivity (Wildman–Crippen MR) is 327 cm³/mol. The summed E-state index contributed by atoms with van der Waals surface area (Å²) in [6.45, 7) is 11.0. The van der Waals surface area contributed by atoms with Gasteiger partial charge in [-0.25, -0.2) is 14.4 Å². The second kappa shape index (κ2) is 30.0. The van der Waals surface area contributed by atoms with Crippen molar-refractivity contribution < 1.29 is 71.9 Å². The van der Waals surface area contributed by atoms with Crippen LogP contribution in [-0.4, -0.2) is 175 Å². The van der Waals surface area contributed by atoms with Crippen molar-refractivity contribution in [2.75, 3.05) is 58.2 Å². The van der Waals surface area contributed by atoms with Gasteiger partial charge in [0.2, 0.25) is 17.7 Å². The fourth-order valence-electron chi connectivity index (χ4n) is 10.4. The number of methoxy groups -OCH3 is 2. The standard InChI is InChI=1S/C59H78Cl2N10O15S/c1-31(2)49(67-56(87)64-22-11-12-24-71-45(72)20-21-46(71)73)52(76)66-39(16-14-23-63-55(62)79)51(75)65-36-18-19-37(38(60)28-36)53(77)69(7)34(5)54(78)85-44-29-47(74)70(8)40-26-35(27-41(82-9)48(40)61)25-32(3)15-13-17-43(83-10)59(81)30-42(84-57(80)68-59)33(4)50-58(44,6)86-50/h13,15,17-21,26-28,31,33-34,39,42-44,49-50,81H,11-12,14,16,22-25,29-30H2,1-10H3,(H,65,75)(H,66,76)(H,68,80)(H3,62,63,79)(H2,64,67,87)/b17-13+,32-15+/t33-,34+,39+,42+,43-,44+,49+,50+,58+,59+/m1/s1. The van der Waals surface area contributed by atoms with Gasteiger partial charge in [-0.2, -0.15) is 0 Å². The van der Waals surface area contributed by atoms with E-state index in [1.54, 1.807) is 52.0 Å². The maximum Gasteiger partial charge on any atom is 0.409 e. The topological polar surface area (TPSA) is 331 Å². The minimum Gasteiger partial charge on any atom is -0.495 e. The molecule has 0 unspecified atom stereocenters. The Balaban J connectivity index is 1.16. The van der Waals surface area contributed by atoms with Gasteiger partial charge in [0.25, 0.3) is 17.7 Å². The summed E-state index contributed by atoms with van der Waals surface area (Å²) in [5.74, 6) is -4.85. The molecular weight excluding hydrogens is 1190 g/mol. The second-order valence-electron chi connectivity index (χ2n) is 22.5. The zero-order valence-electron chi connectivity index (χ0n) is 50.3. The number of carbonyl (C=O) groups is 9. The number of fused-ring (bicyclic) bond motifs is 5. The number of nitrogens with one attached hydrogen (secondary N) is 6. The number of esters is 1. The Hall–Kier alpha value is -7.36. The van der Waals surface area contributed by atoms with E-state index in [4.69, 9.17) is 64.8 Å². The van der Waals surface area contributed by atoms with Crippen LogP contribution in [0.1, 0.15) is 96.0 Å². The van der Waals surface area contributed by atoms with Gasteiger partial charge in [-0.05, 0) is 107 Å². The van der Waals surface area contributed by atoms with E-state index in [9.17, 15) is 48.3 Å². The van der Waals surface area contributed by atoms with E-state index >= 15 is 0 Å². The number of hydrogen-bond donors (Lipinski definition) is 8. The first kappa shape index (κ1) is 68.7. The maximum absolute atomic E-state index is 14.5. The first-order chi connectivity index (χ1) is 41.0. The van der Waals surface area contributed by atoms with Gasteiger partial charge in [0.1, 0.15) is 52.8 Å². The fourth-order valence-corrected chi connectivity index (χ4v) is 11.2. The lowest BCUT2D eigenvalue weighted by Gasteiger charge is -2.42. The number of urea groups is 1. The monoisotopic (exact) mass is 1270 g/mol. The van der Waals surface area contributed by atoms with Crippen molar-refractivity contribution in [1.82, 2.24) is 36.4 Å². The molecule has 4 aliphatic rings. The van der Waals surface area contributed by atoms with Gasteiger partial charge in [0.05, 0.1) is 35.9 Å². The molecule has 10 atom stereocenters. The van der Waals surface area contributed by atoms with Crippen molar-refractivity contribution in [3.8, 4) is 5.75 Å². The zero-order valence-corrected chi connectivity index (χ0v) is 52.6. The number of epoxide rings is 1. The van der Waals surface area contributed by atoms with Gasteiger partial charge < -0.3 is 70.9 Å². The normalized spacial score (nSPS) is 24.9. The number of unbranched alkanes of at least 4 members (excludes halogenated alkanes) is 1. The zero-order chi connectivity index (χ0) is 64.2. The highest BCUT2D eigenvalue weighted by Gasteiger charge is 2.64. The van der Waals surface area contributed by atoms with Crippen LogP contribution in [0.2, 0.25) is 10.0 Å². The maximum atomic E-state index is 14.5. The first-order valence-corrected chi connectivity index (χ1v) is 29.6. The lowest BCUT2D eigenvalue weighted by Crippen LogP contribution is -2.63. The van der Waals surface area contributed by atoms with Crippen LogP contribution >= 0.6 is 35.4 Å². The molecular formula is C59H78Cl2N10O15S. The summed E-state index contributed by atoms with van der Waals surface area (Å²) in [7, 11) is 5.71. The highest BCUT2D eigenvalue weighted by molar-refractivity contribution is 7.80. The number of nitrogens with two attached hydrogens (primary N) is 1. The molecule has 87 heavy (non-hydrogen) atoms. The molecule has 28 heteroatoms. The van der Waals surface area contributed by atoms with Gasteiger partial charge in [-0.1, -0.05) is 67.8 Å². The summed E-state index contributed by atoms with van der Waals surface area (Å²) in [5.41, 5.74) is 3.93. The molecule has 2 saturated heterocycles. The number of carbonyl (C=O) groups excluding carboxylic acids is 9. The molecule has 6 rings (SSSR count). The molecule has 25 nitrogen and oxygen atoms in total. The summed E-state index contributed by atoms with van der Waals surface area (Å²) in [6, 6.07) is 3.38. The third-order valence-electron chi connectivity index (χ3n) is 15.8. The number of ether oxygens (including phenoxy) is 5. The molecule has 9 N–H and O–H groups in total. The molecule has 2 aromatic carbocycles. The van der Waals surface area contributed by atoms with Crippen LogP contribution in [-0.2, 0) is 54.1 Å². The van der Waals surface area contributed by atoms with Crippen LogP contribution in [0.4, 0.5) is 21.0 Å². The van der Waals surface area contributed by atoms with Crippen molar-refractivity contribution in [2.45, 2.75) is 140 Å². The molecule has 9 amide bonds. The number of aliphatic hydroxyl groups is 1. The quantitative estimate of drug-likeness (QED) is 0.0279. The Labute approximate surface area is 520 Å². The number of allylic oxidation sites excluding steroid dienone is 3. The van der Waals surface area contributed by atoms with Crippen LogP contribution in [0.25, 0.3) is 0 Å². The summed E-state index contributed by atoms with van der Waals surface area (Å²) >= 11 is 19.1. The van der Waals surface area contributed by atoms with Crippen LogP contribution < -0.4 is 47.3 Å². The number of alkyl carbamates (subject to hydrolysis) is 1. The Kier molecular flexibility index (Phi) is 23.7. The fraction of sp³-hybridized carbons (Fsp3) is 0.525. The van der Waals surface area contributed by atoms with Crippen molar-refractivity contribution in [1.29, 1.82) is 0 Å². The van der Waals surface area contributed by atoms with E-state index in [1.807, 2.05) is 13.0 Å². The summed E-state index contributed by atoms with van der Waals surface area (Å²) in [6.07, 6.45) is 3.70. The predicted octanol–water partition coefficient (Wildman–Crippen LogP) is 4.55. The summed E-state index contributed by atoms with van der Waals surface area (Å²) in [5, 5.41) is 28.6. The Morgan fingerprint density at radius 3 is 2.31 bits per heavy atom. The number of imide groups is 1. The van der Waals surface area contributed by atoms with Crippen molar-refractivity contribution >= 4 is 105 Å². The minimum atomic E-state index is -1.92. The van der Waals surface area contributed by atoms with Crippen molar-refractivity contribution in [3.05, 3.63) is 87.5 Å². The van der Waals surface area contributed by atoms with Crippen LogP contribution in [0.5, 0.6) is 5.75 Å². The van der Waals surface area contributed by atoms with Gasteiger partial charge in [0.15, 0.2) is 10.8 Å². The molecule has 2 fully saturated rings. The summed E-state index contributed by atoms with van der Waals surface area (Å²) < 4.78 is 29.6. The van der Waals surface area contributed by atoms with Crippen molar-refractivity contribution in [2.24, 2.45) is 17.6 Å². The third kappa shape index (κ3) is 17.5. The number of rotatable bonds is 21. The number of amides is 9. The molecule has 0 spiro atoms. The number of halogens is 2. The van der Waals surface area contributed by atoms with E-state index in [-0.39, 0.29) is 76.5 Å². The molecule has 0 saturated carbocycles. The lowest BCUT2D eigenvalue weighted by atomic mass is 9.83. The van der Waals surface area contributed by atoms with Gasteiger partial charge in [-0.15, -0.1) is 0 Å². The lowest BCUT2D eigenvalue weighted by molar-refractivity contribution is -0.158. The van der Waals surface area contributed by atoms with E-state index < -0.39 is 108 Å². The number of benzene rings is 2. The molecule has 0 radical (unpaired) electrons. The van der Waals surface area contributed by atoms with Crippen LogP contribution in [0.15, 0.2) is 66.3 Å². The molecule has 0 aliphatic carbocycles. The number of thiocarbonyl (C=S) groups is 1. The average molecular weight is 1270 g/mol. The summed E-state index contributed by atoms with van der Waals surface area (Å²) in [4.78, 5) is 123. The van der Waals surface area contributed by atoms with Crippen LogP contribution in [0, 0.1) is 11.8 Å². The highest BCUT2D eigenvalue weighted by atomic mass is 35.5. The van der Waals surface area contributed by atoms with Gasteiger partial charge in [-0.3, -0.25) is 39.0 Å². The number of anilines is 2. The smallest absolute Gasteiger partial charge is 0.409 e. The number of likely N-dealkylation sites (N-methyl/N-ethyl adjacent to an activating group) is 1. The number of primary amides is 1. The van der Waals surface area contributed by atoms with Crippen molar-refractivity contribution in [3.63, 3.8) is 0 Å². The second-order valence-corrected chi connectivity index (χ2v) is 23.7. The van der Waals surface area contributed by atoms with E-state index in [0.717, 1.165) is 20.9 Å². The Morgan fingerprint density at radius 2 is 1.67 bits per heavy atom. The molecule has 0 aromatic heterocycles. The SMILES string of the molecule is COc1cc2cc(c1Cl)N(C)C(=O)C[C@H](OC(=O)[C@H](C)N(C)C(=O)c1ccc(NC(=O)[C@H](CCCNC(N)=O)NC(=O)[C@@H](NC(=S)NCCCCN3C(=O)C=CC3=O)C(C)C)cc1Cl)[C@]1(C)O[C@H]1[C@H](C)[C@@H]1C[C@@](O)(NC(=O)O1)[C@H](OC)/C=C/C=C(\C)C2. The molecule has 4 aliphatic heterocycles. The van der Waals surface area contributed by atoms with Crippen LogP contribution in [0.3, 0.4) is 0 Å². The minimum absolute atomic E-state index is 0.0448. The molecule has 4 bridgehead atoms. The van der Waals surface area contributed by atoms with Gasteiger partial charge in [0, 0.05) is 71.0 Å². The largest absolute Gasteiger partial charge is 0.495 e. The van der Waals surface area contributed by atoms with E-state index in [1.165, 1.54) is 70.5 Å². The number of hydrogen-bond acceptors (Lipinski definition) is 16. The third-order valence-corrected chi connectivity index (χ3v) is 16.7.